The fourth-order valence-corrected chi connectivity index (χ4v) is 7.07. The van der Waals surface area contributed by atoms with Crippen LogP contribution in [0.5, 0.6) is 0 Å². The molecule has 0 aliphatic heterocycles. The lowest BCUT2D eigenvalue weighted by Crippen LogP contribution is -2.54. The SMILES string of the molecule is CCC(=O)O[C@H]1CC[C@@]2(C=O)C(=C[C@@H](C)[C@@H]3[C@@H]2CC[C@]2(C)C(=O)CC[C@@H]32)C1. The molecule has 0 aromatic carbocycles. The number of carbonyl (C=O) groups is 3. The summed E-state index contributed by atoms with van der Waals surface area (Å²) in [6.07, 6.45) is 9.60. The van der Waals surface area contributed by atoms with E-state index in [0.29, 0.717) is 48.7 Å². The highest BCUT2D eigenvalue weighted by molar-refractivity contribution is 5.87. The van der Waals surface area contributed by atoms with E-state index < -0.39 is 5.41 Å². The Bertz CT molecular complexity index is 694. The summed E-state index contributed by atoms with van der Waals surface area (Å²) in [5, 5.41) is 0. The zero-order chi connectivity index (χ0) is 19.4. The predicted octanol–water partition coefficient (Wildman–Crippen LogP) is 4.27. The fourth-order valence-electron chi connectivity index (χ4n) is 7.07. The maximum atomic E-state index is 12.6. The number of rotatable bonds is 3. The van der Waals surface area contributed by atoms with Gasteiger partial charge in [-0.15, -0.1) is 0 Å². The van der Waals surface area contributed by atoms with E-state index >= 15 is 0 Å². The monoisotopic (exact) mass is 372 g/mol. The lowest BCUT2D eigenvalue weighted by atomic mass is 9.46. The van der Waals surface area contributed by atoms with Gasteiger partial charge in [0, 0.05) is 24.7 Å². The number of Topliss-reactive ketones (excluding diaryl/α,β-unsaturated/α-hetero) is 1. The van der Waals surface area contributed by atoms with Gasteiger partial charge in [0.2, 0.25) is 0 Å². The first-order valence-corrected chi connectivity index (χ1v) is 10.8. The third-order valence-corrected chi connectivity index (χ3v) is 8.50. The Morgan fingerprint density at radius 2 is 2.04 bits per heavy atom. The quantitative estimate of drug-likeness (QED) is 0.422. The highest BCUT2D eigenvalue weighted by Crippen LogP contribution is 2.64. The van der Waals surface area contributed by atoms with E-state index in [1.807, 2.05) is 6.92 Å². The summed E-state index contributed by atoms with van der Waals surface area (Å²) >= 11 is 0. The van der Waals surface area contributed by atoms with E-state index in [1.54, 1.807) is 0 Å². The Morgan fingerprint density at radius 1 is 1.26 bits per heavy atom. The van der Waals surface area contributed by atoms with Gasteiger partial charge in [-0.3, -0.25) is 9.59 Å². The smallest absolute Gasteiger partial charge is 0.305 e. The number of carbonyl (C=O) groups excluding carboxylic acids is 3. The number of ether oxygens (including phenoxy) is 1. The standard InChI is InChI=1S/C23H32O4/c1-4-20(26)27-16-7-10-23(13-24)15(12-16)11-14(2)21-17-5-6-19(25)22(17,3)9-8-18(21)23/h11,13-14,16-18,21H,4-10,12H2,1-3H3/t14-,16+,17+,18+,21+,22+,23-/m1/s1. The van der Waals surface area contributed by atoms with Crippen molar-refractivity contribution in [3.05, 3.63) is 11.6 Å². The molecule has 0 N–H and O–H groups in total. The van der Waals surface area contributed by atoms with Crippen LogP contribution in [-0.2, 0) is 19.1 Å². The topological polar surface area (TPSA) is 60.4 Å². The lowest BCUT2D eigenvalue weighted by Gasteiger charge is -2.57. The Balaban J connectivity index is 1.66. The van der Waals surface area contributed by atoms with E-state index in [0.717, 1.165) is 32.1 Å². The van der Waals surface area contributed by atoms with Gasteiger partial charge >= 0.3 is 5.97 Å². The van der Waals surface area contributed by atoms with Crippen molar-refractivity contribution < 1.29 is 19.1 Å². The maximum Gasteiger partial charge on any atom is 0.305 e. The number of aldehydes is 1. The number of esters is 1. The molecule has 7 atom stereocenters. The largest absolute Gasteiger partial charge is 0.462 e. The predicted molar refractivity (Wildman–Crippen MR) is 102 cm³/mol. The first-order chi connectivity index (χ1) is 12.9. The van der Waals surface area contributed by atoms with Crippen LogP contribution in [0, 0.1) is 34.5 Å². The molecule has 4 heteroatoms. The van der Waals surface area contributed by atoms with Crippen molar-refractivity contribution in [2.24, 2.45) is 34.5 Å². The average Bonchev–Trinajstić information content (AvgIpc) is 2.96. The molecule has 0 aromatic heterocycles. The molecule has 27 heavy (non-hydrogen) atoms. The van der Waals surface area contributed by atoms with Crippen LogP contribution >= 0.6 is 0 Å². The van der Waals surface area contributed by atoms with Gasteiger partial charge in [0.25, 0.3) is 0 Å². The van der Waals surface area contributed by atoms with Crippen molar-refractivity contribution in [1.82, 2.24) is 0 Å². The molecule has 4 nitrogen and oxygen atoms in total. The van der Waals surface area contributed by atoms with Crippen LogP contribution in [0.25, 0.3) is 0 Å². The van der Waals surface area contributed by atoms with E-state index in [9.17, 15) is 14.4 Å². The van der Waals surface area contributed by atoms with Crippen molar-refractivity contribution in [2.75, 3.05) is 0 Å². The maximum absolute atomic E-state index is 12.6. The third kappa shape index (κ3) is 2.66. The Morgan fingerprint density at radius 3 is 2.74 bits per heavy atom. The lowest BCUT2D eigenvalue weighted by molar-refractivity contribution is -0.152. The molecule has 0 heterocycles. The molecular weight excluding hydrogens is 340 g/mol. The molecule has 4 aliphatic rings. The molecule has 3 saturated carbocycles. The van der Waals surface area contributed by atoms with Gasteiger partial charge < -0.3 is 9.53 Å². The van der Waals surface area contributed by atoms with Crippen LogP contribution in [-0.4, -0.2) is 24.1 Å². The normalized spacial score (nSPS) is 46.0. The van der Waals surface area contributed by atoms with Crippen molar-refractivity contribution >= 4 is 18.0 Å². The van der Waals surface area contributed by atoms with E-state index in [1.165, 1.54) is 11.9 Å². The minimum Gasteiger partial charge on any atom is -0.462 e. The van der Waals surface area contributed by atoms with E-state index in [-0.39, 0.29) is 17.5 Å². The van der Waals surface area contributed by atoms with Gasteiger partial charge in [-0.2, -0.15) is 0 Å². The van der Waals surface area contributed by atoms with Gasteiger partial charge in [-0.05, 0) is 55.8 Å². The number of allylic oxidation sites excluding steroid dienone is 1. The molecule has 0 amide bonds. The summed E-state index contributed by atoms with van der Waals surface area (Å²) in [7, 11) is 0. The molecule has 4 rings (SSSR count). The zero-order valence-corrected chi connectivity index (χ0v) is 16.8. The van der Waals surface area contributed by atoms with Gasteiger partial charge in [-0.1, -0.05) is 32.4 Å². The van der Waals surface area contributed by atoms with E-state index in [4.69, 9.17) is 4.74 Å². The molecule has 0 bridgehead atoms. The molecule has 4 aliphatic carbocycles. The molecular formula is C23H32O4. The second-order valence-electron chi connectivity index (χ2n) is 9.63. The summed E-state index contributed by atoms with van der Waals surface area (Å²) in [5.74, 6) is 1.80. The summed E-state index contributed by atoms with van der Waals surface area (Å²) in [6.45, 7) is 6.24. The first kappa shape index (κ1) is 18.9. The molecule has 0 saturated heterocycles. The van der Waals surface area contributed by atoms with Crippen LogP contribution in [0.2, 0.25) is 0 Å². The Hall–Kier alpha value is -1.45. The molecule has 0 radical (unpaired) electrons. The minimum absolute atomic E-state index is 0.0950. The highest BCUT2D eigenvalue weighted by Gasteiger charge is 2.61. The van der Waals surface area contributed by atoms with Gasteiger partial charge in [0.05, 0.1) is 5.41 Å². The summed E-state index contributed by atoms with van der Waals surface area (Å²) in [5.41, 5.74) is 0.608. The zero-order valence-electron chi connectivity index (χ0n) is 16.8. The molecule has 3 fully saturated rings. The molecule has 0 spiro atoms. The van der Waals surface area contributed by atoms with Gasteiger partial charge in [0.15, 0.2) is 0 Å². The van der Waals surface area contributed by atoms with Crippen molar-refractivity contribution in [3.63, 3.8) is 0 Å². The van der Waals surface area contributed by atoms with Crippen LogP contribution < -0.4 is 0 Å². The number of hydrogen-bond donors (Lipinski definition) is 0. The first-order valence-electron chi connectivity index (χ1n) is 10.8. The second-order valence-corrected chi connectivity index (χ2v) is 9.63. The Kier molecular flexibility index (Phi) is 4.59. The summed E-state index contributed by atoms with van der Waals surface area (Å²) < 4.78 is 5.61. The van der Waals surface area contributed by atoms with Crippen molar-refractivity contribution in [1.29, 1.82) is 0 Å². The second kappa shape index (κ2) is 6.56. The van der Waals surface area contributed by atoms with Crippen molar-refractivity contribution in [3.8, 4) is 0 Å². The average molecular weight is 373 g/mol. The summed E-state index contributed by atoms with van der Waals surface area (Å²) in [6, 6.07) is 0. The van der Waals surface area contributed by atoms with Crippen molar-refractivity contribution in [2.45, 2.75) is 78.2 Å². The number of hydrogen-bond acceptors (Lipinski definition) is 4. The van der Waals surface area contributed by atoms with Crippen LogP contribution in [0.4, 0.5) is 0 Å². The van der Waals surface area contributed by atoms with Crippen LogP contribution in [0.15, 0.2) is 11.6 Å². The Labute approximate surface area is 162 Å². The van der Waals surface area contributed by atoms with Gasteiger partial charge in [-0.25, -0.2) is 0 Å². The fraction of sp³-hybridized carbons (Fsp3) is 0.783. The summed E-state index contributed by atoms with van der Waals surface area (Å²) in [4.78, 5) is 36.8. The van der Waals surface area contributed by atoms with E-state index in [2.05, 4.69) is 19.9 Å². The van der Waals surface area contributed by atoms with Gasteiger partial charge in [0.1, 0.15) is 18.2 Å². The number of ketones is 1. The highest BCUT2D eigenvalue weighted by atomic mass is 16.5. The molecule has 0 unspecified atom stereocenters. The molecule has 148 valence electrons. The number of fused-ring (bicyclic) bond motifs is 5. The van der Waals surface area contributed by atoms with Crippen LogP contribution in [0.3, 0.4) is 0 Å². The third-order valence-electron chi connectivity index (χ3n) is 8.50. The van der Waals surface area contributed by atoms with Crippen LogP contribution in [0.1, 0.15) is 72.1 Å². The molecule has 0 aromatic rings. The minimum atomic E-state index is -0.404.